The van der Waals surface area contributed by atoms with Gasteiger partial charge in [0, 0.05) is 18.9 Å². The second kappa shape index (κ2) is 5.47. The van der Waals surface area contributed by atoms with Gasteiger partial charge >= 0.3 is 6.03 Å². The number of fused-ring (bicyclic) bond motifs is 1. The van der Waals surface area contributed by atoms with Crippen LogP contribution in [0.4, 0.5) is 15.1 Å². The summed E-state index contributed by atoms with van der Waals surface area (Å²) in [7, 11) is 0. The highest BCUT2D eigenvalue weighted by Crippen LogP contribution is 2.27. The number of urea groups is 1. The first-order chi connectivity index (χ1) is 10.6. The number of rotatable bonds is 3. The zero-order chi connectivity index (χ0) is 15.7. The number of hydrogen-bond donors (Lipinski definition) is 3. The zero-order valence-corrected chi connectivity index (χ0v) is 12.1. The quantitative estimate of drug-likeness (QED) is 0.694. The molecular weight excluding hydrogens is 287 g/mol. The van der Waals surface area contributed by atoms with Crippen molar-refractivity contribution in [3.8, 4) is 5.69 Å². The fourth-order valence-electron chi connectivity index (χ4n) is 2.22. The van der Waals surface area contributed by atoms with E-state index in [9.17, 15) is 9.18 Å². The summed E-state index contributed by atoms with van der Waals surface area (Å²) in [6.45, 7) is 3.97. The predicted octanol–water partition coefficient (Wildman–Crippen LogP) is 2.34. The number of H-pyrrole nitrogens is 1. The molecule has 0 aliphatic heterocycles. The molecule has 0 unspecified atom stereocenters. The van der Waals surface area contributed by atoms with E-state index in [0.29, 0.717) is 23.1 Å². The van der Waals surface area contributed by atoms with Gasteiger partial charge in [-0.05, 0) is 31.5 Å². The molecule has 0 saturated carbocycles. The van der Waals surface area contributed by atoms with Crippen molar-refractivity contribution in [2.45, 2.75) is 13.8 Å². The maximum atomic E-state index is 14.5. The molecule has 0 fully saturated rings. The molecule has 3 N–H and O–H groups in total. The van der Waals surface area contributed by atoms with Crippen LogP contribution in [0.5, 0.6) is 0 Å². The number of carbonyl (C=O) groups excluding carboxylic acids is 1. The molecule has 0 bridgehead atoms. The van der Waals surface area contributed by atoms with E-state index in [4.69, 9.17) is 0 Å². The number of carbonyl (C=O) groups is 1. The van der Waals surface area contributed by atoms with Crippen LogP contribution >= 0.6 is 0 Å². The van der Waals surface area contributed by atoms with Gasteiger partial charge in [-0.2, -0.15) is 5.10 Å². The summed E-state index contributed by atoms with van der Waals surface area (Å²) in [5.41, 5.74) is 1.75. The van der Waals surface area contributed by atoms with Gasteiger partial charge in [0.05, 0.1) is 11.0 Å². The molecular formula is C14H15FN6O. The molecule has 114 valence electrons. The van der Waals surface area contributed by atoms with Crippen LogP contribution in [0.3, 0.4) is 0 Å². The fraction of sp³-hybridized carbons (Fsp3) is 0.214. The lowest BCUT2D eigenvalue weighted by Crippen LogP contribution is -2.28. The van der Waals surface area contributed by atoms with Crippen molar-refractivity contribution in [3.05, 3.63) is 35.9 Å². The van der Waals surface area contributed by atoms with Crippen molar-refractivity contribution in [3.63, 3.8) is 0 Å². The van der Waals surface area contributed by atoms with Crippen LogP contribution in [-0.2, 0) is 0 Å². The number of imidazole rings is 1. The highest BCUT2D eigenvalue weighted by Gasteiger charge is 2.17. The van der Waals surface area contributed by atoms with Gasteiger partial charge in [0.2, 0.25) is 5.95 Å². The molecule has 8 heteroatoms. The van der Waals surface area contributed by atoms with E-state index < -0.39 is 0 Å². The largest absolute Gasteiger partial charge is 0.338 e. The van der Waals surface area contributed by atoms with Crippen LogP contribution in [-0.4, -0.2) is 32.3 Å². The third kappa shape index (κ3) is 2.39. The lowest BCUT2D eigenvalue weighted by atomic mass is 10.1. The Morgan fingerprint density at radius 2 is 2.32 bits per heavy atom. The summed E-state index contributed by atoms with van der Waals surface area (Å²) in [6.07, 6.45) is 3.22. The molecule has 0 saturated heterocycles. The van der Waals surface area contributed by atoms with E-state index in [0.717, 1.165) is 0 Å². The van der Waals surface area contributed by atoms with Gasteiger partial charge in [0.25, 0.3) is 0 Å². The number of halogens is 1. The average Bonchev–Trinajstić information content (AvgIpc) is 3.10. The molecule has 2 amide bonds. The number of benzene rings is 1. The number of aromatic amines is 1. The average molecular weight is 302 g/mol. The smallest absolute Gasteiger partial charge is 0.321 e. The van der Waals surface area contributed by atoms with Gasteiger partial charge in [0.15, 0.2) is 5.82 Å². The first kappa shape index (κ1) is 14.1. The Labute approximate surface area is 125 Å². The standard InChI is InChI=1S/C14H15FN6O/c1-3-16-14(22)20-13-18-9-7-8(2)10(15)12(11(9)19-13)21-6-4-5-17-21/h4-7H,3H2,1-2H3,(H3,16,18,19,20,22). The molecule has 2 aromatic heterocycles. The minimum absolute atomic E-state index is 0.249. The van der Waals surface area contributed by atoms with Crippen LogP contribution in [0.2, 0.25) is 0 Å². The van der Waals surface area contributed by atoms with Gasteiger partial charge < -0.3 is 10.3 Å². The number of nitrogens with one attached hydrogen (secondary N) is 3. The molecule has 22 heavy (non-hydrogen) atoms. The topological polar surface area (TPSA) is 87.6 Å². The molecule has 0 radical (unpaired) electrons. The van der Waals surface area contributed by atoms with Gasteiger partial charge in [-0.1, -0.05) is 0 Å². The SMILES string of the molecule is CCNC(=O)Nc1nc2cc(C)c(F)c(-n3cccn3)c2[nH]1. The maximum absolute atomic E-state index is 14.5. The van der Waals surface area contributed by atoms with Gasteiger partial charge in [-0.25, -0.2) is 18.9 Å². The van der Waals surface area contributed by atoms with E-state index in [2.05, 4.69) is 25.7 Å². The molecule has 0 spiro atoms. The highest BCUT2D eigenvalue weighted by molar-refractivity contribution is 5.92. The number of hydrogen-bond acceptors (Lipinski definition) is 3. The van der Waals surface area contributed by atoms with Crippen LogP contribution in [0.15, 0.2) is 24.5 Å². The summed E-state index contributed by atoms with van der Waals surface area (Å²) in [5.74, 6) is -0.135. The second-order valence-corrected chi connectivity index (χ2v) is 4.77. The van der Waals surface area contributed by atoms with E-state index in [1.54, 1.807) is 31.5 Å². The third-order valence-electron chi connectivity index (χ3n) is 3.18. The summed E-state index contributed by atoms with van der Waals surface area (Å²) in [4.78, 5) is 18.8. The maximum Gasteiger partial charge on any atom is 0.321 e. The van der Waals surface area contributed by atoms with Crippen LogP contribution in [0, 0.1) is 12.7 Å². The lowest BCUT2D eigenvalue weighted by molar-refractivity contribution is 0.252. The molecule has 3 aromatic rings. The van der Waals surface area contributed by atoms with Crippen LogP contribution < -0.4 is 10.6 Å². The van der Waals surface area contributed by atoms with Gasteiger partial charge in [0.1, 0.15) is 5.69 Å². The van der Waals surface area contributed by atoms with Crippen molar-refractivity contribution < 1.29 is 9.18 Å². The Bertz CT molecular complexity index is 824. The molecule has 0 aliphatic carbocycles. The molecule has 7 nitrogen and oxygen atoms in total. The highest BCUT2D eigenvalue weighted by atomic mass is 19.1. The van der Waals surface area contributed by atoms with Crippen LogP contribution in [0.25, 0.3) is 16.7 Å². The molecule has 2 heterocycles. The summed E-state index contributed by atoms with van der Waals surface area (Å²) in [5, 5.41) is 9.24. The summed E-state index contributed by atoms with van der Waals surface area (Å²) < 4.78 is 15.9. The Kier molecular flexibility index (Phi) is 3.50. The van der Waals surface area contributed by atoms with E-state index >= 15 is 0 Å². The minimum Gasteiger partial charge on any atom is -0.338 e. The van der Waals surface area contributed by atoms with Crippen molar-refractivity contribution in [2.24, 2.45) is 0 Å². The first-order valence-electron chi connectivity index (χ1n) is 6.84. The number of nitrogens with zero attached hydrogens (tertiary/aromatic N) is 3. The Hall–Kier alpha value is -2.90. The minimum atomic E-state index is -0.385. The number of anilines is 1. The lowest BCUT2D eigenvalue weighted by Gasteiger charge is -2.07. The predicted molar refractivity (Wildman–Crippen MR) is 80.6 cm³/mol. The summed E-state index contributed by atoms with van der Waals surface area (Å²) in [6, 6.07) is 2.95. The van der Waals surface area contributed by atoms with Crippen molar-refractivity contribution in [1.29, 1.82) is 0 Å². The molecule has 3 rings (SSSR count). The second-order valence-electron chi connectivity index (χ2n) is 4.77. The number of amides is 2. The third-order valence-corrected chi connectivity index (χ3v) is 3.18. The Morgan fingerprint density at radius 3 is 3.00 bits per heavy atom. The number of aryl methyl sites for hydroxylation is 1. The molecule has 0 atom stereocenters. The van der Waals surface area contributed by atoms with Crippen molar-refractivity contribution in [2.75, 3.05) is 11.9 Å². The van der Waals surface area contributed by atoms with Gasteiger partial charge in [-0.15, -0.1) is 0 Å². The van der Waals surface area contributed by atoms with Crippen molar-refractivity contribution >= 4 is 23.0 Å². The first-order valence-corrected chi connectivity index (χ1v) is 6.84. The van der Waals surface area contributed by atoms with Crippen molar-refractivity contribution in [1.82, 2.24) is 25.1 Å². The molecule has 1 aromatic carbocycles. The normalized spacial score (nSPS) is 10.9. The molecule has 0 aliphatic rings. The number of aromatic nitrogens is 4. The van der Waals surface area contributed by atoms with Gasteiger partial charge in [-0.3, -0.25) is 5.32 Å². The van der Waals surface area contributed by atoms with E-state index in [-0.39, 0.29) is 23.5 Å². The van der Waals surface area contributed by atoms with Crippen LogP contribution in [0.1, 0.15) is 12.5 Å². The zero-order valence-electron chi connectivity index (χ0n) is 12.1. The fourth-order valence-corrected chi connectivity index (χ4v) is 2.22. The Balaban J connectivity index is 2.11. The van der Waals surface area contributed by atoms with E-state index in [1.807, 2.05) is 6.92 Å². The Morgan fingerprint density at radius 1 is 1.50 bits per heavy atom. The monoisotopic (exact) mass is 302 g/mol. The van der Waals surface area contributed by atoms with E-state index in [1.165, 1.54) is 4.68 Å². The summed E-state index contributed by atoms with van der Waals surface area (Å²) >= 11 is 0.